The van der Waals surface area contributed by atoms with Gasteiger partial charge in [-0.3, -0.25) is 0 Å². The number of methoxy groups -OCH3 is 2. The van der Waals surface area contributed by atoms with Crippen molar-refractivity contribution in [3.63, 3.8) is 0 Å². The molecule has 2 aliphatic rings. The Morgan fingerprint density at radius 2 is 2.00 bits per heavy atom. The van der Waals surface area contributed by atoms with Crippen LogP contribution >= 0.6 is 0 Å². The van der Waals surface area contributed by atoms with Crippen molar-refractivity contribution < 1.29 is 33.2 Å². The van der Waals surface area contributed by atoms with E-state index in [9.17, 15) is 4.79 Å². The normalized spacial score (nSPS) is 35.2. The van der Waals surface area contributed by atoms with E-state index in [1.165, 1.54) is 14.2 Å². The Morgan fingerprint density at radius 3 is 2.61 bits per heavy atom. The van der Waals surface area contributed by atoms with Crippen LogP contribution in [0.4, 0.5) is 0 Å². The number of esters is 1. The number of rotatable bonds is 6. The van der Waals surface area contributed by atoms with Gasteiger partial charge in [-0.05, 0) is 19.4 Å². The fourth-order valence-electron chi connectivity index (χ4n) is 2.69. The highest BCUT2D eigenvalue weighted by molar-refractivity contribution is 5.70. The Balaban J connectivity index is 2.17. The molecule has 2 aliphatic heterocycles. The Morgan fingerprint density at radius 1 is 1.30 bits per heavy atom. The number of fused-ring (bicyclic) bond motifs is 1. The van der Waals surface area contributed by atoms with Crippen molar-refractivity contribution in [1.29, 1.82) is 0 Å². The van der Waals surface area contributed by atoms with Gasteiger partial charge in [0.1, 0.15) is 24.9 Å². The van der Waals surface area contributed by atoms with Gasteiger partial charge in [-0.1, -0.05) is 5.11 Å². The molecule has 0 N–H and O–H groups in total. The number of hydrogen-bond acceptors (Lipinski definition) is 8. The van der Waals surface area contributed by atoms with Crippen LogP contribution in [-0.2, 0) is 33.2 Å². The van der Waals surface area contributed by atoms with Gasteiger partial charge in [-0.2, -0.15) is 0 Å². The first-order valence-corrected chi connectivity index (χ1v) is 7.15. The summed E-state index contributed by atoms with van der Waals surface area (Å²) in [7, 11) is 2.72. The molecule has 2 saturated heterocycles. The first-order chi connectivity index (χ1) is 10.9. The molecule has 130 valence electrons. The molecule has 10 heteroatoms. The lowest BCUT2D eigenvalue weighted by atomic mass is 9.99. The number of ether oxygens (including phenoxy) is 6. The lowest BCUT2D eigenvalue weighted by Gasteiger charge is -2.40. The quantitative estimate of drug-likeness (QED) is 0.304. The van der Waals surface area contributed by atoms with Gasteiger partial charge in [0.2, 0.25) is 0 Å². The molecule has 0 bridgehead atoms. The summed E-state index contributed by atoms with van der Waals surface area (Å²) in [5.41, 5.74) is 8.51. The molecule has 0 aromatic heterocycles. The molecule has 0 saturated carbocycles. The standard InChI is InChI=1S/C13H21N3O7/c1-13(2)22-9-7(5-15-16-14)21-12(19-4)11(10(9)23-13)20-6-8(17)18-3/h7,9-12H,5-6H2,1-4H3/t7-,9+,10+,11-,12-/m1/s1. The molecule has 0 aromatic carbocycles. The molecule has 10 nitrogen and oxygen atoms in total. The highest BCUT2D eigenvalue weighted by Crippen LogP contribution is 2.38. The second kappa shape index (κ2) is 7.43. The molecule has 0 amide bonds. The number of hydrogen-bond donors (Lipinski definition) is 0. The topological polar surface area (TPSA) is 121 Å². The van der Waals surface area contributed by atoms with Crippen molar-refractivity contribution in [1.82, 2.24) is 0 Å². The van der Waals surface area contributed by atoms with Gasteiger partial charge >= 0.3 is 5.97 Å². The first-order valence-electron chi connectivity index (χ1n) is 7.15. The number of carbonyl (C=O) groups is 1. The molecule has 2 rings (SSSR count). The van der Waals surface area contributed by atoms with Crippen LogP contribution in [-0.4, -0.2) is 69.8 Å². The fourth-order valence-corrected chi connectivity index (χ4v) is 2.69. The third-order valence-corrected chi connectivity index (χ3v) is 3.61. The minimum Gasteiger partial charge on any atom is -0.467 e. The minimum atomic E-state index is -0.858. The van der Waals surface area contributed by atoms with Crippen molar-refractivity contribution in [3.05, 3.63) is 10.4 Å². The molecule has 2 heterocycles. The number of carbonyl (C=O) groups excluding carboxylic acids is 1. The predicted octanol–water partition coefficient (Wildman–Crippen LogP) is 0.746. The van der Waals surface area contributed by atoms with Gasteiger partial charge in [-0.15, -0.1) is 0 Å². The molecule has 0 spiro atoms. The van der Waals surface area contributed by atoms with Crippen molar-refractivity contribution in [2.75, 3.05) is 27.4 Å². The molecular weight excluding hydrogens is 310 g/mol. The van der Waals surface area contributed by atoms with Gasteiger partial charge in [0.25, 0.3) is 0 Å². The Hall–Kier alpha value is -1.42. The van der Waals surface area contributed by atoms with Crippen LogP contribution < -0.4 is 0 Å². The molecule has 5 atom stereocenters. The summed E-state index contributed by atoms with van der Waals surface area (Å²) in [6, 6.07) is 0. The number of nitrogens with zero attached hydrogens (tertiary/aromatic N) is 3. The van der Waals surface area contributed by atoms with Gasteiger partial charge in [0.05, 0.1) is 19.8 Å². The summed E-state index contributed by atoms with van der Waals surface area (Å²) < 4.78 is 32.9. The van der Waals surface area contributed by atoms with E-state index in [0.29, 0.717) is 0 Å². The predicted molar refractivity (Wildman–Crippen MR) is 75.3 cm³/mol. The highest BCUT2D eigenvalue weighted by atomic mass is 16.8. The van der Waals surface area contributed by atoms with E-state index >= 15 is 0 Å². The lowest BCUT2D eigenvalue weighted by molar-refractivity contribution is -0.277. The maximum Gasteiger partial charge on any atom is 0.331 e. The summed E-state index contributed by atoms with van der Waals surface area (Å²) in [5.74, 6) is -1.38. The monoisotopic (exact) mass is 331 g/mol. The van der Waals surface area contributed by atoms with Gasteiger partial charge in [0.15, 0.2) is 12.1 Å². The van der Waals surface area contributed by atoms with Crippen LogP contribution in [0.2, 0.25) is 0 Å². The van der Waals surface area contributed by atoms with Crippen molar-refractivity contribution in [2.45, 2.75) is 50.3 Å². The van der Waals surface area contributed by atoms with E-state index in [0.717, 1.165) is 0 Å². The van der Waals surface area contributed by atoms with Gasteiger partial charge in [-0.25, -0.2) is 4.79 Å². The summed E-state index contributed by atoms with van der Waals surface area (Å²) in [4.78, 5) is 14.1. The SMILES string of the molecule is COC(=O)CO[C@H]1[C@H](OC)O[C@H](CN=[N+]=[N-])[C@@H]2OC(C)(C)O[C@@H]21. The van der Waals surface area contributed by atoms with E-state index in [4.69, 9.17) is 29.2 Å². The lowest BCUT2D eigenvalue weighted by Crippen LogP contribution is -2.58. The summed E-state index contributed by atoms with van der Waals surface area (Å²) in [5, 5.41) is 3.53. The van der Waals surface area contributed by atoms with Gasteiger partial charge < -0.3 is 28.4 Å². The zero-order valence-electron chi connectivity index (χ0n) is 13.5. The van der Waals surface area contributed by atoms with E-state index < -0.39 is 42.5 Å². The average Bonchev–Trinajstić information content (AvgIpc) is 2.85. The first kappa shape index (κ1) is 17.9. The second-order valence-corrected chi connectivity index (χ2v) is 5.61. The zero-order chi connectivity index (χ0) is 17.0. The van der Waals surface area contributed by atoms with Crippen molar-refractivity contribution in [2.24, 2.45) is 5.11 Å². The Kier molecular flexibility index (Phi) is 5.79. The minimum absolute atomic E-state index is 0.0701. The summed E-state index contributed by atoms with van der Waals surface area (Å²) in [6.45, 7) is 3.32. The van der Waals surface area contributed by atoms with E-state index in [1.807, 2.05) is 0 Å². The third kappa shape index (κ3) is 4.11. The second-order valence-electron chi connectivity index (χ2n) is 5.61. The fraction of sp³-hybridized carbons (Fsp3) is 0.923. The van der Waals surface area contributed by atoms with Crippen molar-refractivity contribution in [3.8, 4) is 0 Å². The molecule has 0 aromatic rings. The van der Waals surface area contributed by atoms with Crippen LogP contribution in [0, 0.1) is 0 Å². The van der Waals surface area contributed by atoms with E-state index in [1.54, 1.807) is 13.8 Å². The molecule has 0 aliphatic carbocycles. The highest BCUT2D eigenvalue weighted by Gasteiger charge is 2.55. The molecule has 0 radical (unpaired) electrons. The van der Waals surface area contributed by atoms with Gasteiger partial charge in [0, 0.05) is 12.0 Å². The largest absolute Gasteiger partial charge is 0.467 e. The van der Waals surface area contributed by atoms with Crippen LogP contribution in [0.15, 0.2) is 5.11 Å². The average molecular weight is 331 g/mol. The smallest absolute Gasteiger partial charge is 0.331 e. The summed E-state index contributed by atoms with van der Waals surface area (Å²) >= 11 is 0. The van der Waals surface area contributed by atoms with Crippen LogP contribution in [0.3, 0.4) is 0 Å². The third-order valence-electron chi connectivity index (χ3n) is 3.61. The van der Waals surface area contributed by atoms with Crippen molar-refractivity contribution >= 4 is 5.97 Å². The Labute approximate surface area is 133 Å². The summed E-state index contributed by atoms with van der Waals surface area (Å²) in [6.07, 6.45) is -3.07. The maximum atomic E-state index is 11.3. The van der Waals surface area contributed by atoms with E-state index in [2.05, 4.69) is 14.8 Å². The molecule has 2 fully saturated rings. The number of azide groups is 1. The van der Waals surface area contributed by atoms with Crippen LogP contribution in [0.25, 0.3) is 10.4 Å². The van der Waals surface area contributed by atoms with Crippen LogP contribution in [0.5, 0.6) is 0 Å². The van der Waals surface area contributed by atoms with Crippen LogP contribution in [0.1, 0.15) is 13.8 Å². The molecule has 0 unspecified atom stereocenters. The maximum absolute atomic E-state index is 11.3. The van der Waals surface area contributed by atoms with E-state index in [-0.39, 0.29) is 13.2 Å². The zero-order valence-corrected chi connectivity index (χ0v) is 13.5. The molecule has 23 heavy (non-hydrogen) atoms. The Bertz CT molecular complexity index is 480. The molecular formula is C13H21N3O7.